The van der Waals surface area contributed by atoms with Gasteiger partial charge in [-0.05, 0) is 83.5 Å². The molecule has 0 aliphatic heterocycles. The van der Waals surface area contributed by atoms with Crippen molar-refractivity contribution < 1.29 is 42.1 Å². The third-order valence-electron chi connectivity index (χ3n) is 8.91. The Morgan fingerprint density at radius 1 is 0.534 bits per heavy atom. The number of phosphoric acid groups is 1. The van der Waals surface area contributed by atoms with E-state index in [4.69, 9.17) is 18.5 Å². The number of allylic oxidation sites excluding steroid dienone is 14. The third-order valence-corrected chi connectivity index (χ3v) is 9.90. The van der Waals surface area contributed by atoms with Gasteiger partial charge >= 0.3 is 19.8 Å². The molecule has 9 nitrogen and oxygen atoms in total. The van der Waals surface area contributed by atoms with Crippen LogP contribution in [0.2, 0.25) is 0 Å². The second kappa shape index (κ2) is 39.6. The number of hydrogen-bond acceptors (Lipinski definition) is 7. The number of ether oxygens (including phenoxy) is 2. The minimum atomic E-state index is -4.40. The first-order chi connectivity index (χ1) is 28.0. The maximum Gasteiger partial charge on any atom is 0.472 e. The van der Waals surface area contributed by atoms with Gasteiger partial charge in [-0.2, -0.15) is 0 Å². The molecule has 0 spiro atoms. The molecule has 0 radical (unpaired) electrons. The number of esters is 2. The van der Waals surface area contributed by atoms with Crippen molar-refractivity contribution in [2.45, 2.75) is 161 Å². The molecule has 332 valence electrons. The van der Waals surface area contributed by atoms with Gasteiger partial charge in [0.1, 0.15) is 19.8 Å². The lowest BCUT2D eigenvalue weighted by molar-refractivity contribution is -0.870. The first-order valence-electron chi connectivity index (χ1n) is 22.3. The van der Waals surface area contributed by atoms with Crippen molar-refractivity contribution in [3.05, 3.63) is 85.1 Å². The molecule has 0 saturated heterocycles. The second-order valence-corrected chi connectivity index (χ2v) is 17.2. The summed E-state index contributed by atoms with van der Waals surface area (Å²) < 4.78 is 34.2. The molecule has 0 rings (SSSR count). The number of phosphoric ester groups is 1. The van der Waals surface area contributed by atoms with E-state index in [9.17, 15) is 19.0 Å². The van der Waals surface area contributed by atoms with Crippen molar-refractivity contribution in [1.29, 1.82) is 0 Å². The highest BCUT2D eigenvalue weighted by atomic mass is 31.2. The number of rotatable bonds is 39. The summed E-state index contributed by atoms with van der Waals surface area (Å²) in [5, 5.41) is 0. The average molecular weight is 833 g/mol. The van der Waals surface area contributed by atoms with Crippen molar-refractivity contribution in [1.82, 2.24) is 0 Å². The second-order valence-electron chi connectivity index (χ2n) is 15.7. The summed E-state index contributed by atoms with van der Waals surface area (Å²) in [6.07, 6.45) is 50.7. The van der Waals surface area contributed by atoms with E-state index in [-0.39, 0.29) is 26.1 Å². The van der Waals surface area contributed by atoms with Gasteiger partial charge < -0.3 is 18.9 Å². The molecule has 10 heteroatoms. The summed E-state index contributed by atoms with van der Waals surface area (Å²) in [6.45, 7) is 4.24. The molecule has 0 heterocycles. The van der Waals surface area contributed by atoms with E-state index in [0.717, 1.165) is 64.2 Å². The van der Waals surface area contributed by atoms with Crippen LogP contribution in [0.15, 0.2) is 85.1 Å². The van der Waals surface area contributed by atoms with Crippen molar-refractivity contribution in [2.75, 3.05) is 47.5 Å². The molecule has 0 aromatic carbocycles. The fourth-order valence-corrected chi connectivity index (χ4v) is 6.12. The highest BCUT2D eigenvalue weighted by molar-refractivity contribution is 7.47. The summed E-state index contributed by atoms with van der Waals surface area (Å²) in [7, 11) is 1.41. The highest BCUT2D eigenvalue weighted by Gasteiger charge is 2.27. The lowest BCUT2D eigenvalue weighted by Gasteiger charge is -2.24. The quantitative estimate of drug-likeness (QED) is 0.0214. The summed E-state index contributed by atoms with van der Waals surface area (Å²) in [5.41, 5.74) is 0. The zero-order chi connectivity index (χ0) is 42.8. The number of quaternary nitrogens is 1. The molecular weight excluding hydrogens is 750 g/mol. The standard InChI is InChI=1S/C48H82NO8P/c1-6-8-10-12-14-16-18-20-22-23-24-25-27-29-31-33-35-37-39-41-48(51)57-46(45-56-58(52,53)55-43-42-49(3,4)5)44-54-47(50)40-38-36-34-32-30-28-26-21-19-17-15-13-11-9-7-2/h14-17,20-22,24-26,29,31,35,37,46H,6-13,18-19,23,27-28,30,32-34,36,38-45H2,1-5H3/p+1/b16-14-,17-15-,22-20-,25-24-,26-21-,31-29-,37-35-/t46-/m1/s1. The van der Waals surface area contributed by atoms with Gasteiger partial charge in [0.15, 0.2) is 6.10 Å². The molecule has 0 fully saturated rings. The van der Waals surface area contributed by atoms with Crippen LogP contribution in [0.4, 0.5) is 0 Å². The fourth-order valence-electron chi connectivity index (χ4n) is 5.38. The molecule has 0 aromatic heterocycles. The molecular formula is C48H83NO8P+. The van der Waals surface area contributed by atoms with Gasteiger partial charge in [0.25, 0.3) is 0 Å². The van der Waals surface area contributed by atoms with Crippen LogP contribution in [0.3, 0.4) is 0 Å². The minimum absolute atomic E-state index is 0.0116. The van der Waals surface area contributed by atoms with Gasteiger partial charge in [-0.1, -0.05) is 144 Å². The van der Waals surface area contributed by atoms with Gasteiger partial charge in [0, 0.05) is 12.8 Å². The predicted molar refractivity (Wildman–Crippen MR) is 242 cm³/mol. The van der Waals surface area contributed by atoms with Crippen molar-refractivity contribution in [3.8, 4) is 0 Å². The Morgan fingerprint density at radius 3 is 1.45 bits per heavy atom. The topological polar surface area (TPSA) is 108 Å². The van der Waals surface area contributed by atoms with E-state index < -0.39 is 32.5 Å². The van der Waals surface area contributed by atoms with Gasteiger partial charge in [0.2, 0.25) is 0 Å². The molecule has 58 heavy (non-hydrogen) atoms. The third kappa shape index (κ3) is 42.8. The zero-order valence-corrected chi connectivity index (χ0v) is 38.1. The number of nitrogens with zero attached hydrogens (tertiary/aromatic N) is 1. The largest absolute Gasteiger partial charge is 0.472 e. The van der Waals surface area contributed by atoms with E-state index in [1.165, 1.54) is 51.4 Å². The van der Waals surface area contributed by atoms with Crippen LogP contribution in [-0.2, 0) is 32.7 Å². The van der Waals surface area contributed by atoms with Crippen LogP contribution in [0, 0.1) is 0 Å². The minimum Gasteiger partial charge on any atom is -0.462 e. The molecule has 0 bridgehead atoms. The van der Waals surface area contributed by atoms with Crippen LogP contribution < -0.4 is 0 Å². The molecule has 1 N–H and O–H groups in total. The van der Waals surface area contributed by atoms with Crippen LogP contribution in [0.25, 0.3) is 0 Å². The Balaban J connectivity index is 4.53. The molecule has 0 amide bonds. The normalized spacial score (nSPS) is 14.4. The Labute approximate surface area is 354 Å². The lowest BCUT2D eigenvalue weighted by atomic mass is 10.1. The zero-order valence-electron chi connectivity index (χ0n) is 37.2. The van der Waals surface area contributed by atoms with Crippen LogP contribution in [0.5, 0.6) is 0 Å². The van der Waals surface area contributed by atoms with E-state index in [1.54, 1.807) is 0 Å². The van der Waals surface area contributed by atoms with Gasteiger partial charge in [-0.25, -0.2) is 4.57 Å². The molecule has 1 unspecified atom stereocenters. The molecule has 0 aromatic rings. The number of carbonyl (C=O) groups excluding carboxylic acids is 2. The van der Waals surface area contributed by atoms with Crippen molar-refractivity contribution in [2.24, 2.45) is 0 Å². The van der Waals surface area contributed by atoms with Gasteiger partial charge in [-0.15, -0.1) is 0 Å². The monoisotopic (exact) mass is 833 g/mol. The smallest absolute Gasteiger partial charge is 0.462 e. The van der Waals surface area contributed by atoms with Crippen LogP contribution in [0.1, 0.15) is 155 Å². The first-order valence-corrected chi connectivity index (χ1v) is 23.8. The summed E-state index contributed by atoms with van der Waals surface area (Å²) >= 11 is 0. The lowest BCUT2D eigenvalue weighted by Crippen LogP contribution is -2.37. The Kier molecular flexibility index (Phi) is 37.7. The summed E-state index contributed by atoms with van der Waals surface area (Å²) in [6, 6.07) is 0. The number of carbonyl (C=O) groups is 2. The molecule has 0 aliphatic rings. The van der Waals surface area contributed by atoms with E-state index >= 15 is 0 Å². The number of hydrogen-bond donors (Lipinski definition) is 1. The van der Waals surface area contributed by atoms with E-state index in [2.05, 4.69) is 86.8 Å². The number of unbranched alkanes of at least 4 members (excludes halogenated alkanes) is 11. The van der Waals surface area contributed by atoms with E-state index in [1.807, 2.05) is 33.3 Å². The van der Waals surface area contributed by atoms with Gasteiger partial charge in [-0.3, -0.25) is 18.6 Å². The predicted octanol–water partition coefficient (Wildman–Crippen LogP) is 12.8. The average Bonchev–Trinajstić information content (AvgIpc) is 3.17. The Bertz CT molecular complexity index is 1260. The van der Waals surface area contributed by atoms with Crippen LogP contribution >= 0.6 is 7.82 Å². The Hall–Kier alpha value is -2.81. The van der Waals surface area contributed by atoms with Crippen LogP contribution in [-0.4, -0.2) is 74.9 Å². The summed E-state index contributed by atoms with van der Waals surface area (Å²) in [4.78, 5) is 35.3. The summed E-state index contributed by atoms with van der Waals surface area (Å²) in [5.74, 6) is -0.919. The fraction of sp³-hybridized carbons (Fsp3) is 0.667. The molecule has 0 saturated carbocycles. The van der Waals surface area contributed by atoms with Crippen molar-refractivity contribution >= 4 is 19.8 Å². The SMILES string of the molecule is CCCCC/C=C\C/C=C\C/C=C\C/C=C\C/C=C\CCC(=O)O[C@H](COC(=O)CCCCCCC/C=C\C/C=C\CCCCC)COP(=O)(O)OCC[N+](C)(C)C. The maximum absolute atomic E-state index is 12.7. The number of likely N-dealkylation sites (N-methyl/N-ethyl adjacent to an activating group) is 1. The Morgan fingerprint density at radius 2 is 0.966 bits per heavy atom. The maximum atomic E-state index is 12.7. The highest BCUT2D eigenvalue weighted by Crippen LogP contribution is 2.43. The van der Waals surface area contributed by atoms with E-state index in [0.29, 0.717) is 23.9 Å². The molecule has 2 atom stereocenters. The molecule has 0 aliphatic carbocycles. The van der Waals surface area contributed by atoms with Crippen molar-refractivity contribution in [3.63, 3.8) is 0 Å². The van der Waals surface area contributed by atoms with Gasteiger partial charge in [0.05, 0.1) is 27.7 Å². The first kappa shape index (κ1) is 55.2.